The highest BCUT2D eigenvalue weighted by molar-refractivity contribution is 7.98. The van der Waals surface area contributed by atoms with Crippen LogP contribution in [-0.4, -0.2) is 41.0 Å². The van der Waals surface area contributed by atoms with Gasteiger partial charge < -0.3 is 15.4 Å². The molecular weight excluding hydrogens is 465 g/mol. The van der Waals surface area contributed by atoms with Crippen molar-refractivity contribution in [3.8, 4) is 11.6 Å². The van der Waals surface area contributed by atoms with Crippen LogP contribution in [0.4, 0.5) is 4.39 Å². The van der Waals surface area contributed by atoms with Gasteiger partial charge in [-0.15, -0.1) is 23.4 Å². The van der Waals surface area contributed by atoms with Crippen LogP contribution < -0.4 is 15.4 Å². The predicted molar refractivity (Wildman–Crippen MR) is 129 cm³/mol. The summed E-state index contributed by atoms with van der Waals surface area (Å²) in [7, 11) is 0. The van der Waals surface area contributed by atoms with Gasteiger partial charge in [0.05, 0.1) is 6.20 Å². The maximum Gasteiger partial charge on any atom is 0.257 e. The number of pyridine rings is 1. The highest BCUT2D eigenvalue weighted by Gasteiger charge is 2.25. The summed E-state index contributed by atoms with van der Waals surface area (Å²) >= 11 is 7.22. The summed E-state index contributed by atoms with van der Waals surface area (Å²) in [5, 5.41) is 6.03. The molecule has 1 heterocycles. The Hall–Kier alpha value is -2.32. The summed E-state index contributed by atoms with van der Waals surface area (Å²) < 4.78 is 19.7. The molecule has 2 aromatic rings. The van der Waals surface area contributed by atoms with Crippen molar-refractivity contribution in [3.05, 3.63) is 47.9 Å². The number of thioether (sulfide) groups is 1. The third-order valence-corrected chi connectivity index (χ3v) is 6.53. The first-order chi connectivity index (χ1) is 16.0. The topological polar surface area (TPSA) is 80.3 Å². The number of ether oxygens (including phenoxy) is 1. The van der Waals surface area contributed by atoms with Gasteiger partial charge in [-0.2, -0.15) is 0 Å². The van der Waals surface area contributed by atoms with Crippen molar-refractivity contribution in [1.82, 2.24) is 15.6 Å². The Labute approximate surface area is 203 Å². The van der Waals surface area contributed by atoms with E-state index in [0.29, 0.717) is 18.1 Å². The monoisotopic (exact) mass is 493 g/mol. The normalized spacial score (nSPS) is 17.9. The van der Waals surface area contributed by atoms with Crippen molar-refractivity contribution in [2.45, 2.75) is 61.9 Å². The maximum atomic E-state index is 13.9. The minimum Gasteiger partial charge on any atom is -0.438 e. The van der Waals surface area contributed by atoms with Crippen molar-refractivity contribution < 1.29 is 18.7 Å². The number of carbonyl (C=O) groups excluding carboxylic acids is 2. The van der Waals surface area contributed by atoms with Gasteiger partial charge in [-0.3, -0.25) is 9.59 Å². The lowest BCUT2D eigenvalue weighted by atomic mass is 9.91. The summed E-state index contributed by atoms with van der Waals surface area (Å²) in [5.41, 5.74) is 0.0549. The number of halogens is 2. The molecule has 6 nitrogen and oxygen atoms in total. The van der Waals surface area contributed by atoms with Crippen LogP contribution in [0.5, 0.6) is 11.6 Å². The maximum absolute atomic E-state index is 13.9. The van der Waals surface area contributed by atoms with Crippen molar-refractivity contribution in [2.24, 2.45) is 0 Å². The molecule has 1 aliphatic rings. The molecule has 0 aliphatic heterocycles. The summed E-state index contributed by atoms with van der Waals surface area (Å²) in [4.78, 5) is 29.9. The van der Waals surface area contributed by atoms with E-state index >= 15 is 0 Å². The fourth-order valence-corrected chi connectivity index (χ4v) is 4.41. The number of hydrogen-bond donors (Lipinski definition) is 2. The Balaban J connectivity index is 1.56. The van der Waals surface area contributed by atoms with Gasteiger partial charge in [-0.25, -0.2) is 9.37 Å². The second-order valence-electron chi connectivity index (χ2n) is 8.02. The minimum absolute atomic E-state index is 0.0470. The molecule has 1 fully saturated rings. The second-order valence-corrected chi connectivity index (χ2v) is 9.28. The number of nitrogens with zero attached hydrogens (tertiary/aromatic N) is 1. The van der Waals surface area contributed by atoms with Crippen LogP contribution in [0.2, 0.25) is 0 Å². The van der Waals surface area contributed by atoms with Crippen LogP contribution in [0, 0.1) is 5.82 Å². The Morgan fingerprint density at radius 3 is 2.58 bits per heavy atom. The third kappa shape index (κ3) is 7.89. The largest absolute Gasteiger partial charge is 0.438 e. The summed E-state index contributed by atoms with van der Waals surface area (Å²) in [6.07, 6.45) is 8.10. The Kier molecular flexibility index (Phi) is 9.81. The molecule has 0 unspecified atom stereocenters. The molecule has 9 heteroatoms. The molecule has 1 saturated carbocycles. The van der Waals surface area contributed by atoms with E-state index in [2.05, 4.69) is 15.6 Å². The SMILES string of the molecule is CSc1cccc(Oc2ncc(F)cc2C(=O)NC2CCC(NC(=O)CCCCCl)CC2)c1. The molecule has 1 aliphatic carbocycles. The number of benzene rings is 1. The minimum atomic E-state index is -0.606. The van der Waals surface area contributed by atoms with E-state index in [4.69, 9.17) is 16.3 Å². The van der Waals surface area contributed by atoms with Crippen LogP contribution in [-0.2, 0) is 4.79 Å². The Morgan fingerprint density at radius 1 is 1.15 bits per heavy atom. The number of carbonyl (C=O) groups is 2. The second kappa shape index (κ2) is 12.8. The van der Waals surface area contributed by atoms with Crippen molar-refractivity contribution in [3.63, 3.8) is 0 Å². The molecule has 178 valence electrons. The van der Waals surface area contributed by atoms with Crippen LogP contribution in [0.1, 0.15) is 55.3 Å². The quantitative estimate of drug-likeness (QED) is 0.266. The van der Waals surface area contributed by atoms with Crippen molar-refractivity contribution >= 4 is 35.2 Å². The van der Waals surface area contributed by atoms with Gasteiger partial charge in [0.2, 0.25) is 11.8 Å². The zero-order valence-corrected chi connectivity index (χ0v) is 20.2. The first-order valence-electron chi connectivity index (χ1n) is 11.1. The van der Waals surface area contributed by atoms with E-state index in [1.54, 1.807) is 17.8 Å². The summed E-state index contributed by atoms with van der Waals surface area (Å²) in [6, 6.07) is 8.59. The van der Waals surface area contributed by atoms with Crippen molar-refractivity contribution in [2.75, 3.05) is 12.1 Å². The van der Waals surface area contributed by atoms with Crippen LogP contribution >= 0.6 is 23.4 Å². The number of rotatable bonds is 10. The first-order valence-corrected chi connectivity index (χ1v) is 12.9. The summed E-state index contributed by atoms with van der Waals surface area (Å²) in [5.74, 6) is 0.168. The van der Waals surface area contributed by atoms with E-state index < -0.39 is 11.7 Å². The number of amides is 2. The molecule has 2 amide bonds. The molecule has 0 atom stereocenters. The number of nitrogens with one attached hydrogen (secondary N) is 2. The van der Waals surface area contributed by atoms with Gasteiger partial charge in [0.1, 0.15) is 17.1 Å². The van der Waals surface area contributed by atoms with E-state index in [9.17, 15) is 14.0 Å². The van der Waals surface area contributed by atoms with Crippen LogP contribution in [0.25, 0.3) is 0 Å². The van der Waals surface area contributed by atoms with Gasteiger partial charge in [-0.1, -0.05) is 6.07 Å². The molecule has 2 N–H and O–H groups in total. The first kappa shape index (κ1) is 25.3. The van der Waals surface area contributed by atoms with E-state index in [1.807, 2.05) is 24.5 Å². The van der Waals surface area contributed by atoms with Gasteiger partial charge in [-0.05, 0) is 69.0 Å². The van der Waals surface area contributed by atoms with Gasteiger partial charge in [0.25, 0.3) is 5.91 Å². The molecule has 33 heavy (non-hydrogen) atoms. The van der Waals surface area contributed by atoms with Crippen LogP contribution in [0.15, 0.2) is 41.4 Å². The average molecular weight is 494 g/mol. The van der Waals surface area contributed by atoms with E-state index in [0.717, 1.165) is 55.7 Å². The molecular formula is C24H29ClFN3O3S. The molecule has 1 aromatic carbocycles. The number of unbranched alkanes of at least 4 members (excludes halogenated alkanes) is 1. The van der Waals surface area contributed by atoms with Gasteiger partial charge in [0, 0.05) is 29.3 Å². The fourth-order valence-electron chi connectivity index (χ4n) is 3.77. The number of alkyl halides is 1. The lowest BCUT2D eigenvalue weighted by molar-refractivity contribution is -0.122. The standard InChI is InChI=1S/C24H29ClFN3O3S/c1-33-20-6-4-5-19(14-20)32-24-21(13-16(26)15-27-24)23(31)29-18-10-8-17(9-11-18)28-22(30)7-2-3-12-25/h4-6,13-15,17-18H,2-3,7-12H2,1H3,(H,28,30)(H,29,31). The van der Waals surface area contributed by atoms with Crippen molar-refractivity contribution in [1.29, 1.82) is 0 Å². The molecule has 0 spiro atoms. The number of aromatic nitrogens is 1. The number of hydrogen-bond acceptors (Lipinski definition) is 5. The van der Waals surface area contributed by atoms with Gasteiger partial charge >= 0.3 is 0 Å². The highest BCUT2D eigenvalue weighted by atomic mass is 35.5. The lowest BCUT2D eigenvalue weighted by Crippen LogP contribution is -2.43. The molecule has 0 saturated heterocycles. The molecule has 3 rings (SSSR count). The van der Waals surface area contributed by atoms with Gasteiger partial charge in [0.15, 0.2) is 0 Å². The molecule has 0 bridgehead atoms. The fraction of sp³-hybridized carbons (Fsp3) is 0.458. The zero-order valence-electron chi connectivity index (χ0n) is 18.6. The average Bonchev–Trinajstić information content (AvgIpc) is 2.81. The Morgan fingerprint density at radius 2 is 1.88 bits per heavy atom. The Bertz CT molecular complexity index is 954. The van der Waals surface area contributed by atoms with E-state index in [1.165, 1.54) is 0 Å². The lowest BCUT2D eigenvalue weighted by Gasteiger charge is -2.29. The predicted octanol–water partition coefficient (Wildman–Crippen LogP) is 5.30. The highest BCUT2D eigenvalue weighted by Crippen LogP contribution is 2.28. The molecule has 1 aromatic heterocycles. The van der Waals surface area contributed by atoms with Crippen LogP contribution in [0.3, 0.4) is 0 Å². The smallest absolute Gasteiger partial charge is 0.257 e. The molecule has 0 radical (unpaired) electrons. The summed E-state index contributed by atoms with van der Waals surface area (Å²) in [6.45, 7) is 0. The van der Waals surface area contributed by atoms with E-state index in [-0.39, 0.29) is 29.4 Å². The third-order valence-electron chi connectivity index (χ3n) is 5.53. The zero-order chi connectivity index (χ0) is 23.6.